The van der Waals surface area contributed by atoms with Crippen molar-refractivity contribution in [1.82, 2.24) is 24.9 Å². The topological polar surface area (TPSA) is 92.2 Å². The summed E-state index contributed by atoms with van der Waals surface area (Å²) in [5.41, 5.74) is 7.23. The van der Waals surface area contributed by atoms with Crippen molar-refractivity contribution in [3.05, 3.63) is 50.7 Å². The third-order valence-corrected chi connectivity index (χ3v) is 6.31. The van der Waals surface area contributed by atoms with E-state index in [1.165, 1.54) is 4.57 Å². The van der Waals surface area contributed by atoms with Gasteiger partial charge in [0.15, 0.2) is 0 Å². The molecule has 1 aliphatic rings. The Morgan fingerprint density at radius 1 is 1.23 bits per heavy atom. The maximum atomic E-state index is 12.7. The zero-order valence-corrected chi connectivity index (χ0v) is 18.0. The van der Waals surface area contributed by atoms with Crippen molar-refractivity contribution in [3.8, 4) is 0 Å². The Labute approximate surface area is 178 Å². The number of rotatable bonds is 6. The van der Waals surface area contributed by atoms with Gasteiger partial charge in [-0.25, -0.2) is 9.97 Å². The molecule has 0 radical (unpaired) electrons. The molecule has 0 bridgehead atoms. The number of benzene rings is 1. The first-order valence-corrected chi connectivity index (χ1v) is 11.1. The smallest absolute Gasteiger partial charge is 0.262 e. The van der Waals surface area contributed by atoms with Crippen molar-refractivity contribution < 1.29 is 4.79 Å². The number of piperidine rings is 1. The third kappa shape index (κ3) is 4.36. The summed E-state index contributed by atoms with van der Waals surface area (Å²) < 4.78 is 1.53. The van der Waals surface area contributed by atoms with Crippen LogP contribution >= 0.6 is 11.3 Å². The summed E-state index contributed by atoms with van der Waals surface area (Å²) in [4.78, 5) is 36.7. The highest BCUT2D eigenvalue weighted by Gasteiger charge is 2.25. The summed E-state index contributed by atoms with van der Waals surface area (Å²) in [7, 11) is 0. The number of anilines is 1. The van der Waals surface area contributed by atoms with E-state index in [2.05, 4.69) is 31.1 Å². The van der Waals surface area contributed by atoms with Crippen LogP contribution in [-0.4, -0.2) is 38.4 Å². The summed E-state index contributed by atoms with van der Waals surface area (Å²) in [6.45, 7) is 6.92. The van der Waals surface area contributed by atoms with Crippen LogP contribution in [0.15, 0.2) is 34.4 Å². The summed E-state index contributed by atoms with van der Waals surface area (Å²) in [6.07, 6.45) is 1.59. The SMILES string of the molecule is CCn1c(NNC(=O)C2CCN(Cc3csc(C)n3)CC2)nc2ccccc2c1=O. The molecule has 1 amide bonds. The number of hydrogen-bond donors (Lipinski definition) is 2. The standard InChI is InChI=1S/C21H26N6O2S/c1-3-27-20(29)17-6-4-5-7-18(17)23-21(27)25-24-19(28)15-8-10-26(11-9-15)12-16-13-30-14(2)22-16/h4-7,13,15H,3,8-12H2,1-2H3,(H,23,25)(H,24,28). The molecule has 8 nitrogen and oxygen atoms in total. The molecule has 2 N–H and O–H groups in total. The number of carbonyl (C=O) groups excluding carboxylic acids is 1. The lowest BCUT2D eigenvalue weighted by Crippen LogP contribution is -2.43. The minimum absolute atomic E-state index is 0.0619. The molecule has 9 heteroatoms. The van der Waals surface area contributed by atoms with Gasteiger partial charge in [0.05, 0.1) is 21.6 Å². The number of thiazole rings is 1. The molecule has 1 aromatic carbocycles. The number of amides is 1. The van der Waals surface area contributed by atoms with Crippen LogP contribution in [-0.2, 0) is 17.9 Å². The van der Waals surface area contributed by atoms with E-state index >= 15 is 0 Å². The van der Waals surface area contributed by atoms with Crippen molar-refractivity contribution in [3.63, 3.8) is 0 Å². The molecule has 3 heterocycles. The van der Waals surface area contributed by atoms with Crippen LogP contribution in [0.5, 0.6) is 0 Å². The van der Waals surface area contributed by atoms with E-state index in [1.807, 2.05) is 26.0 Å². The van der Waals surface area contributed by atoms with E-state index < -0.39 is 0 Å². The van der Waals surface area contributed by atoms with Gasteiger partial charge in [0.2, 0.25) is 11.9 Å². The first-order valence-electron chi connectivity index (χ1n) is 10.2. The maximum Gasteiger partial charge on any atom is 0.262 e. The molecule has 158 valence electrons. The Balaban J connectivity index is 1.35. The van der Waals surface area contributed by atoms with Gasteiger partial charge in [-0.05, 0) is 51.9 Å². The van der Waals surface area contributed by atoms with Gasteiger partial charge in [-0.15, -0.1) is 11.3 Å². The zero-order chi connectivity index (χ0) is 21.1. The molecule has 0 aliphatic carbocycles. The summed E-state index contributed by atoms with van der Waals surface area (Å²) in [5, 5.41) is 3.75. The van der Waals surface area contributed by atoms with Crippen LogP contribution in [0, 0.1) is 12.8 Å². The quantitative estimate of drug-likeness (QED) is 0.589. The lowest BCUT2D eigenvalue weighted by molar-refractivity contribution is -0.126. The van der Waals surface area contributed by atoms with E-state index in [9.17, 15) is 9.59 Å². The minimum atomic E-state index is -0.120. The third-order valence-electron chi connectivity index (χ3n) is 5.49. The molecular formula is C21H26N6O2S. The van der Waals surface area contributed by atoms with Gasteiger partial charge in [0, 0.05) is 24.4 Å². The van der Waals surface area contributed by atoms with Crippen molar-refractivity contribution in [2.75, 3.05) is 18.5 Å². The first-order chi connectivity index (χ1) is 14.5. The largest absolute Gasteiger partial charge is 0.297 e. The van der Waals surface area contributed by atoms with E-state index in [0.717, 1.165) is 43.2 Å². The first kappa shape index (κ1) is 20.5. The van der Waals surface area contributed by atoms with E-state index in [4.69, 9.17) is 0 Å². The van der Waals surface area contributed by atoms with Crippen LogP contribution < -0.4 is 16.4 Å². The molecule has 1 aliphatic heterocycles. The van der Waals surface area contributed by atoms with Gasteiger partial charge in [-0.2, -0.15) is 0 Å². The van der Waals surface area contributed by atoms with Gasteiger partial charge < -0.3 is 0 Å². The van der Waals surface area contributed by atoms with Crippen LogP contribution in [0.3, 0.4) is 0 Å². The molecule has 3 aromatic rings. The second-order valence-electron chi connectivity index (χ2n) is 7.52. The van der Waals surface area contributed by atoms with Crippen molar-refractivity contribution in [1.29, 1.82) is 0 Å². The summed E-state index contributed by atoms with van der Waals surface area (Å²) in [5.74, 6) is 0.225. The monoisotopic (exact) mass is 426 g/mol. The zero-order valence-electron chi connectivity index (χ0n) is 17.2. The second-order valence-corrected chi connectivity index (χ2v) is 8.59. The minimum Gasteiger partial charge on any atom is -0.297 e. The van der Waals surface area contributed by atoms with Crippen molar-refractivity contribution in [2.24, 2.45) is 5.92 Å². The number of nitrogens with one attached hydrogen (secondary N) is 2. The molecule has 0 spiro atoms. The molecule has 0 unspecified atom stereocenters. The van der Waals surface area contributed by atoms with Crippen LogP contribution in [0.4, 0.5) is 5.95 Å². The maximum absolute atomic E-state index is 12.7. The number of nitrogens with zero attached hydrogens (tertiary/aromatic N) is 4. The molecule has 30 heavy (non-hydrogen) atoms. The number of fused-ring (bicyclic) bond motifs is 1. The highest BCUT2D eigenvalue weighted by Crippen LogP contribution is 2.20. The number of aromatic nitrogens is 3. The van der Waals surface area contributed by atoms with E-state index in [1.54, 1.807) is 23.5 Å². The molecule has 0 atom stereocenters. The fourth-order valence-corrected chi connectivity index (χ4v) is 4.44. The van der Waals surface area contributed by atoms with Crippen LogP contribution in [0.25, 0.3) is 10.9 Å². The molecule has 4 rings (SSSR count). The number of hydrogen-bond acceptors (Lipinski definition) is 7. The number of para-hydroxylation sites is 1. The van der Waals surface area contributed by atoms with Crippen molar-refractivity contribution in [2.45, 2.75) is 39.8 Å². The molecule has 2 aromatic heterocycles. The molecular weight excluding hydrogens is 400 g/mol. The van der Waals surface area contributed by atoms with E-state index in [0.29, 0.717) is 23.4 Å². The Kier molecular flexibility index (Phi) is 6.10. The fourth-order valence-electron chi connectivity index (χ4n) is 3.84. The predicted molar refractivity (Wildman–Crippen MR) is 118 cm³/mol. The van der Waals surface area contributed by atoms with E-state index in [-0.39, 0.29) is 17.4 Å². The van der Waals surface area contributed by atoms with Gasteiger partial charge in [-0.3, -0.25) is 29.9 Å². The van der Waals surface area contributed by atoms with Gasteiger partial charge in [0.1, 0.15) is 0 Å². The number of aryl methyl sites for hydroxylation is 1. The Morgan fingerprint density at radius 2 is 2.00 bits per heavy atom. The Bertz CT molecular complexity index is 1100. The van der Waals surface area contributed by atoms with Gasteiger partial charge in [0.25, 0.3) is 5.56 Å². The number of likely N-dealkylation sites (tertiary alicyclic amines) is 1. The van der Waals surface area contributed by atoms with Crippen LogP contribution in [0.1, 0.15) is 30.5 Å². The second kappa shape index (κ2) is 8.93. The molecule has 1 saturated heterocycles. The number of carbonyl (C=O) groups is 1. The highest BCUT2D eigenvalue weighted by atomic mass is 32.1. The summed E-state index contributed by atoms with van der Waals surface area (Å²) >= 11 is 1.67. The molecule has 0 saturated carbocycles. The van der Waals surface area contributed by atoms with Crippen LogP contribution in [0.2, 0.25) is 0 Å². The lowest BCUT2D eigenvalue weighted by atomic mass is 9.96. The lowest BCUT2D eigenvalue weighted by Gasteiger charge is -2.30. The average Bonchev–Trinajstić information content (AvgIpc) is 3.17. The van der Waals surface area contributed by atoms with Gasteiger partial charge >= 0.3 is 0 Å². The Hall–Kier alpha value is -2.78. The van der Waals surface area contributed by atoms with Gasteiger partial charge in [-0.1, -0.05) is 12.1 Å². The number of hydrazine groups is 1. The molecule has 1 fully saturated rings. The average molecular weight is 427 g/mol. The Morgan fingerprint density at radius 3 is 2.70 bits per heavy atom. The highest BCUT2D eigenvalue weighted by molar-refractivity contribution is 7.09. The normalized spacial score (nSPS) is 15.4. The fraction of sp³-hybridized carbons (Fsp3) is 0.429. The van der Waals surface area contributed by atoms with Crippen molar-refractivity contribution >= 4 is 34.1 Å². The summed E-state index contributed by atoms with van der Waals surface area (Å²) in [6, 6.07) is 7.22. The predicted octanol–water partition coefficient (Wildman–Crippen LogP) is 2.54.